The van der Waals surface area contributed by atoms with Crippen LogP contribution in [0.1, 0.15) is 16.7 Å². The largest absolute Gasteiger partial charge is 0.497 e. The molecule has 3 rings (SSSR count). The number of halogens is 2. The number of ether oxygens (including phenoxy) is 3. The van der Waals surface area contributed by atoms with E-state index in [9.17, 15) is 4.39 Å². The van der Waals surface area contributed by atoms with Crippen molar-refractivity contribution in [1.29, 1.82) is 0 Å². The molecule has 1 N–H and O–H groups in total. The lowest BCUT2D eigenvalue weighted by atomic mass is 10.1. The zero-order valence-electron chi connectivity index (χ0n) is 16.6. The molecule has 156 valence electrons. The standard InChI is InChI=1S/C23H21ClFNO3S/c1-27-16-11-9-15(10-12-16)13-26-23(30)17-5-3-8-21(28-2)22(17)29-14-18-19(24)6-4-7-20(18)25/h3-12H,13-14H2,1-2H3,(H,26,30). The van der Waals surface area contributed by atoms with Gasteiger partial charge in [-0.15, -0.1) is 0 Å². The Balaban J connectivity index is 1.77. The second-order valence-corrected chi connectivity index (χ2v) is 7.17. The number of nitrogens with one attached hydrogen (secondary N) is 1. The second-order valence-electron chi connectivity index (χ2n) is 6.36. The van der Waals surface area contributed by atoms with Crippen LogP contribution < -0.4 is 19.5 Å². The normalized spacial score (nSPS) is 10.4. The molecular formula is C23H21ClFNO3S. The minimum absolute atomic E-state index is 0.0556. The highest BCUT2D eigenvalue weighted by molar-refractivity contribution is 7.80. The first-order valence-electron chi connectivity index (χ1n) is 9.17. The molecule has 0 unspecified atom stereocenters. The van der Waals surface area contributed by atoms with Gasteiger partial charge in [0, 0.05) is 12.1 Å². The Bertz CT molecular complexity index is 1010. The van der Waals surface area contributed by atoms with E-state index in [0.717, 1.165) is 11.3 Å². The van der Waals surface area contributed by atoms with Crippen LogP contribution in [0.3, 0.4) is 0 Å². The number of hydrogen-bond acceptors (Lipinski definition) is 4. The van der Waals surface area contributed by atoms with Crippen molar-refractivity contribution in [1.82, 2.24) is 5.32 Å². The van der Waals surface area contributed by atoms with Gasteiger partial charge in [-0.25, -0.2) is 4.39 Å². The summed E-state index contributed by atoms with van der Waals surface area (Å²) in [5.74, 6) is 1.27. The minimum Gasteiger partial charge on any atom is -0.497 e. The van der Waals surface area contributed by atoms with Crippen molar-refractivity contribution in [3.8, 4) is 17.2 Å². The third kappa shape index (κ3) is 5.20. The maximum Gasteiger partial charge on any atom is 0.171 e. The quantitative estimate of drug-likeness (QED) is 0.461. The SMILES string of the molecule is COc1ccc(CNC(=S)c2cccc(OC)c2OCc2c(F)cccc2Cl)cc1. The monoisotopic (exact) mass is 445 g/mol. The fraction of sp³-hybridized carbons (Fsp3) is 0.174. The predicted molar refractivity (Wildman–Crippen MR) is 120 cm³/mol. The first kappa shape index (κ1) is 21.9. The van der Waals surface area contributed by atoms with E-state index < -0.39 is 5.82 Å². The molecule has 0 fully saturated rings. The van der Waals surface area contributed by atoms with Gasteiger partial charge in [0.2, 0.25) is 0 Å². The van der Waals surface area contributed by atoms with E-state index in [1.54, 1.807) is 25.3 Å². The molecule has 0 atom stereocenters. The van der Waals surface area contributed by atoms with Gasteiger partial charge in [0.05, 0.1) is 24.8 Å². The lowest BCUT2D eigenvalue weighted by molar-refractivity contribution is 0.279. The van der Waals surface area contributed by atoms with Gasteiger partial charge < -0.3 is 19.5 Å². The van der Waals surface area contributed by atoms with Gasteiger partial charge in [-0.1, -0.05) is 48.1 Å². The third-order valence-electron chi connectivity index (χ3n) is 4.48. The van der Waals surface area contributed by atoms with Crippen LogP contribution >= 0.6 is 23.8 Å². The molecule has 0 aliphatic rings. The van der Waals surface area contributed by atoms with E-state index in [4.69, 9.17) is 38.0 Å². The van der Waals surface area contributed by atoms with Gasteiger partial charge in [0.1, 0.15) is 23.2 Å². The van der Waals surface area contributed by atoms with Gasteiger partial charge in [-0.2, -0.15) is 0 Å². The summed E-state index contributed by atoms with van der Waals surface area (Å²) in [4.78, 5) is 0.486. The average Bonchev–Trinajstić information content (AvgIpc) is 2.77. The molecule has 4 nitrogen and oxygen atoms in total. The predicted octanol–water partition coefficient (Wildman–Crippen LogP) is 5.54. The first-order chi connectivity index (χ1) is 14.5. The van der Waals surface area contributed by atoms with Crippen LogP contribution in [0.5, 0.6) is 17.2 Å². The minimum atomic E-state index is -0.431. The summed E-state index contributed by atoms with van der Waals surface area (Å²) >= 11 is 11.7. The third-order valence-corrected chi connectivity index (χ3v) is 5.20. The number of benzene rings is 3. The number of methoxy groups -OCH3 is 2. The van der Waals surface area contributed by atoms with Crippen molar-refractivity contribution < 1.29 is 18.6 Å². The van der Waals surface area contributed by atoms with Crippen molar-refractivity contribution in [2.24, 2.45) is 0 Å². The van der Waals surface area contributed by atoms with Crippen LogP contribution in [0.4, 0.5) is 4.39 Å². The zero-order valence-corrected chi connectivity index (χ0v) is 18.1. The van der Waals surface area contributed by atoms with Crippen LogP contribution in [0.2, 0.25) is 5.02 Å². The van der Waals surface area contributed by atoms with E-state index in [1.807, 2.05) is 36.4 Å². The van der Waals surface area contributed by atoms with E-state index in [0.29, 0.717) is 33.6 Å². The number of para-hydroxylation sites is 1. The molecule has 30 heavy (non-hydrogen) atoms. The molecule has 0 amide bonds. The van der Waals surface area contributed by atoms with Crippen LogP contribution in [0.25, 0.3) is 0 Å². The Kier molecular flexibility index (Phi) is 7.49. The summed E-state index contributed by atoms with van der Waals surface area (Å²) in [5.41, 5.74) is 1.96. The summed E-state index contributed by atoms with van der Waals surface area (Å²) < 4.78 is 30.6. The molecule has 0 aliphatic carbocycles. The molecule has 0 heterocycles. The van der Waals surface area contributed by atoms with E-state index in [1.165, 1.54) is 13.2 Å². The Hall–Kier alpha value is -2.83. The zero-order chi connectivity index (χ0) is 21.5. The lowest BCUT2D eigenvalue weighted by Crippen LogP contribution is -2.22. The van der Waals surface area contributed by atoms with E-state index in [2.05, 4.69) is 5.32 Å². The fourth-order valence-corrected chi connectivity index (χ4v) is 3.29. The Morgan fingerprint density at radius 2 is 1.73 bits per heavy atom. The summed E-state index contributed by atoms with van der Waals surface area (Å²) in [6.45, 7) is 0.471. The van der Waals surface area contributed by atoms with Crippen LogP contribution in [-0.4, -0.2) is 19.2 Å². The molecule has 3 aromatic rings. The number of thiocarbonyl (C=S) groups is 1. The topological polar surface area (TPSA) is 39.7 Å². The molecule has 0 radical (unpaired) electrons. The Morgan fingerprint density at radius 3 is 2.40 bits per heavy atom. The van der Waals surface area contributed by atoms with E-state index >= 15 is 0 Å². The van der Waals surface area contributed by atoms with Gasteiger partial charge >= 0.3 is 0 Å². The molecule has 3 aromatic carbocycles. The summed E-state index contributed by atoms with van der Waals surface area (Å²) in [6.07, 6.45) is 0. The molecular weight excluding hydrogens is 425 g/mol. The molecule has 7 heteroatoms. The first-order valence-corrected chi connectivity index (χ1v) is 9.96. The molecule has 0 spiro atoms. The fourth-order valence-electron chi connectivity index (χ4n) is 2.84. The highest BCUT2D eigenvalue weighted by Gasteiger charge is 2.16. The molecule has 0 aliphatic heterocycles. The smallest absolute Gasteiger partial charge is 0.171 e. The Morgan fingerprint density at radius 1 is 1.00 bits per heavy atom. The number of hydrogen-bond donors (Lipinski definition) is 1. The molecule has 0 aromatic heterocycles. The molecule has 0 bridgehead atoms. The highest BCUT2D eigenvalue weighted by atomic mass is 35.5. The van der Waals surface area contributed by atoms with Crippen LogP contribution in [0, 0.1) is 5.82 Å². The van der Waals surface area contributed by atoms with E-state index in [-0.39, 0.29) is 12.2 Å². The average molecular weight is 446 g/mol. The van der Waals surface area contributed by atoms with Gasteiger partial charge in [0.15, 0.2) is 11.5 Å². The number of rotatable bonds is 8. The summed E-state index contributed by atoms with van der Waals surface area (Å²) in [7, 11) is 3.16. The van der Waals surface area contributed by atoms with Crippen LogP contribution in [-0.2, 0) is 13.2 Å². The Labute approximate surface area is 185 Å². The summed E-state index contributed by atoms with van der Waals surface area (Å²) in [5, 5.41) is 3.52. The maximum absolute atomic E-state index is 14.1. The second kappa shape index (κ2) is 10.3. The maximum atomic E-state index is 14.1. The lowest BCUT2D eigenvalue weighted by Gasteiger charge is -2.17. The summed E-state index contributed by atoms with van der Waals surface area (Å²) in [6, 6.07) is 17.6. The highest BCUT2D eigenvalue weighted by Crippen LogP contribution is 2.33. The van der Waals surface area contributed by atoms with Crippen LogP contribution in [0.15, 0.2) is 60.7 Å². The van der Waals surface area contributed by atoms with Crippen molar-refractivity contribution in [2.45, 2.75) is 13.2 Å². The van der Waals surface area contributed by atoms with Crippen molar-refractivity contribution >= 4 is 28.8 Å². The van der Waals surface area contributed by atoms with Crippen molar-refractivity contribution in [3.63, 3.8) is 0 Å². The van der Waals surface area contributed by atoms with Crippen molar-refractivity contribution in [3.05, 3.63) is 88.2 Å². The molecule has 0 saturated heterocycles. The van der Waals surface area contributed by atoms with Gasteiger partial charge in [-0.05, 0) is 42.0 Å². The molecule has 0 saturated carbocycles. The van der Waals surface area contributed by atoms with Gasteiger partial charge in [0.25, 0.3) is 0 Å². The van der Waals surface area contributed by atoms with Gasteiger partial charge in [-0.3, -0.25) is 0 Å². The van der Waals surface area contributed by atoms with Crippen molar-refractivity contribution in [2.75, 3.05) is 14.2 Å².